The van der Waals surface area contributed by atoms with Crippen LogP contribution < -0.4 is 5.32 Å². The number of likely N-dealkylation sites (N-methyl/N-ethyl adjacent to an activating group) is 1. The van der Waals surface area contributed by atoms with Gasteiger partial charge in [0.25, 0.3) is 5.91 Å². The maximum atomic E-state index is 12.0. The topological polar surface area (TPSA) is 49.4 Å². The van der Waals surface area contributed by atoms with E-state index in [4.69, 9.17) is 0 Å². The summed E-state index contributed by atoms with van der Waals surface area (Å²) in [6.45, 7) is 1.71. The van der Waals surface area contributed by atoms with Gasteiger partial charge in [0, 0.05) is 17.1 Å². The van der Waals surface area contributed by atoms with E-state index in [0.29, 0.717) is 0 Å². The zero-order chi connectivity index (χ0) is 11.9. The fourth-order valence-electron chi connectivity index (χ4n) is 1.83. The highest BCUT2D eigenvalue weighted by Crippen LogP contribution is 2.32. The van der Waals surface area contributed by atoms with E-state index in [-0.39, 0.29) is 11.9 Å². The Morgan fingerprint density at radius 2 is 1.94 bits per heavy atom. The molecule has 2 rings (SSSR count). The van der Waals surface area contributed by atoms with Crippen LogP contribution in [0.5, 0.6) is 0 Å². The fourth-order valence-corrected chi connectivity index (χ4v) is 2.51. The van der Waals surface area contributed by atoms with Crippen LogP contribution in [0.4, 0.5) is 4.79 Å². The Hall–Kier alpha value is -1.36. The van der Waals surface area contributed by atoms with E-state index in [2.05, 4.69) is 21.2 Å². The molecule has 1 saturated heterocycles. The summed E-state index contributed by atoms with van der Waals surface area (Å²) < 4.78 is 0.807. The summed E-state index contributed by atoms with van der Waals surface area (Å²) in [5.74, 6) is -0.246. The Bertz CT molecular complexity index is 475. The van der Waals surface area contributed by atoms with E-state index in [9.17, 15) is 9.59 Å². The Balaban J connectivity index is 2.53. The van der Waals surface area contributed by atoms with Crippen LogP contribution in [0, 0.1) is 0 Å². The lowest BCUT2D eigenvalue weighted by Gasteiger charge is -2.22. The molecule has 1 aromatic carbocycles. The molecule has 84 valence electrons. The van der Waals surface area contributed by atoms with Crippen molar-refractivity contribution in [3.05, 3.63) is 34.3 Å². The molecule has 3 amide bonds. The van der Waals surface area contributed by atoms with Gasteiger partial charge in [-0.2, -0.15) is 0 Å². The van der Waals surface area contributed by atoms with E-state index < -0.39 is 5.54 Å². The number of benzene rings is 1. The molecule has 1 aliphatic heterocycles. The van der Waals surface area contributed by atoms with E-state index in [1.54, 1.807) is 6.92 Å². The fraction of sp³-hybridized carbons (Fsp3) is 0.273. The van der Waals surface area contributed by atoms with E-state index in [1.807, 2.05) is 24.3 Å². The average molecular weight is 283 g/mol. The summed E-state index contributed by atoms with van der Waals surface area (Å²) in [7, 11) is 1.47. The summed E-state index contributed by atoms with van der Waals surface area (Å²) in [6.07, 6.45) is 0. The first kappa shape index (κ1) is 11.1. The highest BCUT2D eigenvalue weighted by atomic mass is 79.9. The van der Waals surface area contributed by atoms with Crippen molar-refractivity contribution in [1.82, 2.24) is 10.2 Å². The van der Waals surface area contributed by atoms with Crippen molar-refractivity contribution >= 4 is 27.9 Å². The second kappa shape index (κ2) is 3.59. The minimum atomic E-state index is -0.980. The number of nitrogens with zero attached hydrogens (tertiary/aromatic N) is 1. The Kier molecular flexibility index (Phi) is 2.50. The molecular formula is C11H11BrN2O2. The second-order valence-electron chi connectivity index (χ2n) is 3.90. The molecule has 1 aliphatic rings. The lowest BCUT2D eigenvalue weighted by atomic mass is 9.92. The van der Waals surface area contributed by atoms with Crippen molar-refractivity contribution < 1.29 is 9.59 Å². The van der Waals surface area contributed by atoms with Crippen LogP contribution in [-0.4, -0.2) is 23.9 Å². The Labute approximate surface area is 102 Å². The van der Waals surface area contributed by atoms with Crippen molar-refractivity contribution in [3.8, 4) is 0 Å². The number of carbonyl (C=O) groups excluding carboxylic acids is 2. The number of urea groups is 1. The van der Waals surface area contributed by atoms with Gasteiger partial charge < -0.3 is 5.32 Å². The molecule has 1 atom stereocenters. The number of hydrogen-bond acceptors (Lipinski definition) is 2. The number of halogens is 1. The van der Waals surface area contributed by atoms with Crippen LogP contribution in [0.25, 0.3) is 0 Å². The average Bonchev–Trinajstić information content (AvgIpc) is 2.44. The van der Waals surface area contributed by atoms with E-state index in [1.165, 1.54) is 7.05 Å². The molecule has 1 heterocycles. The molecule has 0 bridgehead atoms. The SMILES string of the molecule is CN1C(=O)NC(C)(c2ccccc2Br)C1=O. The van der Waals surface area contributed by atoms with Gasteiger partial charge in [0.15, 0.2) is 0 Å². The van der Waals surface area contributed by atoms with Crippen molar-refractivity contribution in [2.24, 2.45) is 0 Å². The number of rotatable bonds is 1. The summed E-state index contributed by atoms with van der Waals surface area (Å²) in [5, 5.41) is 2.69. The number of amides is 3. The van der Waals surface area contributed by atoms with Gasteiger partial charge in [-0.15, -0.1) is 0 Å². The van der Waals surface area contributed by atoms with Crippen LogP contribution in [-0.2, 0) is 10.3 Å². The highest BCUT2D eigenvalue weighted by molar-refractivity contribution is 9.10. The van der Waals surface area contributed by atoms with Crippen LogP contribution in [0.15, 0.2) is 28.7 Å². The predicted molar refractivity (Wildman–Crippen MR) is 62.8 cm³/mol. The van der Waals surface area contributed by atoms with Gasteiger partial charge in [0.1, 0.15) is 5.54 Å². The van der Waals surface area contributed by atoms with Crippen LogP contribution >= 0.6 is 15.9 Å². The normalized spacial score (nSPS) is 24.8. The third-order valence-electron chi connectivity index (χ3n) is 2.81. The Morgan fingerprint density at radius 3 is 2.44 bits per heavy atom. The van der Waals surface area contributed by atoms with Gasteiger partial charge in [0.2, 0.25) is 0 Å². The number of imide groups is 1. The van der Waals surface area contributed by atoms with Crippen LogP contribution in [0.1, 0.15) is 12.5 Å². The van der Waals surface area contributed by atoms with Gasteiger partial charge in [-0.05, 0) is 13.0 Å². The Morgan fingerprint density at radius 1 is 1.31 bits per heavy atom. The van der Waals surface area contributed by atoms with Gasteiger partial charge >= 0.3 is 6.03 Å². The van der Waals surface area contributed by atoms with E-state index >= 15 is 0 Å². The molecule has 0 aliphatic carbocycles. The number of carbonyl (C=O) groups is 2. The summed E-state index contributed by atoms with van der Waals surface area (Å²) in [6, 6.07) is 6.99. The molecule has 0 saturated carbocycles. The molecule has 16 heavy (non-hydrogen) atoms. The first-order chi connectivity index (χ1) is 7.47. The molecule has 1 aromatic rings. The van der Waals surface area contributed by atoms with Gasteiger partial charge in [-0.3, -0.25) is 9.69 Å². The molecule has 5 heteroatoms. The lowest BCUT2D eigenvalue weighted by Crippen LogP contribution is -2.40. The first-order valence-corrected chi connectivity index (χ1v) is 5.61. The molecule has 1 unspecified atom stereocenters. The van der Waals surface area contributed by atoms with E-state index in [0.717, 1.165) is 14.9 Å². The largest absolute Gasteiger partial charge is 0.325 e. The molecule has 1 N–H and O–H groups in total. The standard InChI is InChI=1S/C11H11BrN2O2/c1-11(7-5-3-4-6-8(7)12)9(15)14(2)10(16)13-11/h3-6H,1-2H3,(H,13,16). The summed E-state index contributed by atoms with van der Waals surface area (Å²) in [4.78, 5) is 24.6. The molecule has 0 spiro atoms. The van der Waals surface area contributed by atoms with Gasteiger partial charge in [-0.1, -0.05) is 34.1 Å². The molecule has 1 fully saturated rings. The number of nitrogens with one attached hydrogen (secondary N) is 1. The first-order valence-electron chi connectivity index (χ1n) is 4.82. The van der Waals surface area contributed by atoms with Crippen LogP contribution in [0.3, 0.4) is 0 Å². The smallest absolute Gasteiger partial charge is 0.319 e. The zero-order valence-corrected chi connectivity index (χ0v) is 10.5. The van der Waals surface area contributed by atoms with Crippen molar-refractivity contribution in [3.63, 3.8) is 0 Å². The van der Waals surface area contributed by atoms with Crippen LogP contribution in [0.2, 0.25) is 0 Å². The lowest BCUT2D eigenvalue weighted by molar-refractivity contribution is -0.130. The van der Waals surface area contributed by atoms with Crippen molar-refractivity contribution in [1.29, 1.82) is 0 Å². The third-order valence-corrected chi connectivity index (χ3v) is 3.50. The second-order valence-corrected chi connectivity index (χ2v) is 4.75. The summed E-state index contributed by atoms with van der Waals surface area (Å²) >= 11 is 3.39. The molecule has 0 aromatic heterocycles. The minimum absolute atomic E-state index is 0.246. The molecule has 0 radical (unpaired) electrons. The third kappa shape index (κ3) is 1.43. The predicted octanol–water partition coefficient (Wildman–Crippen LogP) is 1.85. The summed E-state index contributed by atoms with van der Waals surface area (Å²) in [5.41, 5.74) is -0.218. The molecule has 4 nitrogen and oxygen atoms in total. The zero-order valence-electron chi connectivity index (χ0n) is 8.95. The van der Waals surface area contributed by atoms with Crippen molar-refractivity contribution in [2.45, 2.75) is 12.5 Å². The monoisotopic (exact) mass is 282 g/mol. The highest BCUT2D eigenvalue weighted by Gasteiger charge is 2.48. The maximum Gasteiger partial charge on any atom is 0.325 e. The van der Waals surface area contributed by atoms with Gasteiger partial charge in [0.05, 0.1) is 0 Å². The van der Waals surface area contributed by atoms with Gasteiger partial charge in [-0.25, -0.2) is 4.79 Å². The maximum absolute atomic E-state index is 12.0. The number of hydrogen-bond donors (Lipinski definition) is 1. The molecular weight excluding hydrogens is 272 g/mol. The minimum Gasteiger partial charge on any atom is -0.319 e. The quantitative estimate of drug-likeness (QED) is 0.800. The van der Waals surface area contributed by atoms with Crippen molar-refractivity contribution in [2.75, 3.05) is 7.05 Å².